The minimum absolute atomic E-state index is 0.0166. The van der Waals surface area contributed by atoms with Crippen LogP contribution in [0.15, 0.2) is 82.6 Å². The lowest BCUT2D eigenvalue weighted by atomic mass is 10.3. The lowest BCUT2D eigenvalue weighted by Gasteiger charge is -2.16. The second-order valence-electron chi connectivity index (χ2n) is 7.70. The van der Waals surface area contributed by atoms with Gasteiger partial charge in [0.2, 0.25) is 9.84 Å². The molecular formula is C25H28N2O6S. The van der Waals surface area contributed by atoms with E-state index >= 15 is 0 Å². The molecule has 3 N–H and O–H groups in total. The summed E-state index contributed by atoms with van der Waals surface area (Å²) in [7, 11) is -3.73. The summed E-state index contributed by atoms with van der Waals surface area (Å²) in [6, 6.07) is 18.3. The summed E-state index contributed by atoms with van der Waals surface area (Å²) in [4.78, 5) is 12.5. The number of sulfone groups is 1. The van der Waals surface area contributed by atoms with Crippen molar-refractivity contribution in [2.45, 2.75) is 49.2 Å². The molecule has 0 aliphatic heterocycles. The fraction of sp³-hybridized carbons (Fsp3) is 0.240. The average Bonchev–Trinajstić information content (AvgIpc) is 2.84. The number of carbonyl (C=O) groups excluding carboxylic acids is 1. The molecule has 0 fully saturated rings. The van der Waals surface area contributed by atoms with E-state index in [0.29, 0.717) is 11.4 Å². The Morgan fingerprint density at radius 3 is 1.91 bits per heavy atom. The molecule has 0 aliphatic carbocycles. The van der Waals surface area contributed by atoms with Crippen LogP contribution in [0, 0.1) is 0 Å². The van der Waals surface area contributed by atoms with Crippen molar-refractivity contribution in [3.63, 3.8) is 0 Å². The molecule has 3 aromatic carbocycles. The Balaban J connectivity index is 1.54. The first kappa shape index (κ1) is 24.9. The molecule has 180 valence electrons. The van der Waals surface area contributed by atoms with Crippen molar-refractivity contribution < 1.29 is 27.8 Å². The Hall–Kier alpha value is -3.72. The summed E-state index contributed by atoms with van der Waals surface area (Å²) in [6.45, 7) is 5.63. The highest BCUT2D eigenvalue weighted by molar-refractivity contribution is 7.91. The highest BCUT2D eigenvalue weighted by Gasteiger charge is 2.19. The number of rotatable bonds is 10. The van der Waals surface area contributed by atoms with Crippen molar-refractivity contribution in [2.75, 3.05) is 5.43 Å². The van der Waals surface area contributed by atoms with Crippen LogP contribution in [0.25, 0.3) is 0 Å². The van der Waals surface area contributed by atoms with Gasteiger partial charge in [0, 0.05) is 0 Å². The van der Waals surface area contributed by atoms with E-state index in [0.717, 1.165) is 12.2 Å². The summed E-state index contributed by atoms with van der Waals surface area (Å²) in [5.41, 5.74) is 6.09. The molecule has 1 amide bonds. The van der Waals surface area contributed by atoms with E-state index in [-0.39, 0.29) is 21.6 Å². The van der Waals surface area contributed by atoms with Crippen LogP contribution in [0.3, 0.4) is 0 Å². The summed E-state index contributed by atoms with van der Waals surface area (Å²) in [5.74, 6) is 0.676. The normalized spacial score (nSPS) is 12.9. The molecule has 0 saturated heterocycles. The van der Waals surface area contributed by atoms with Gasteiger partial charge in [0.25, 0.3) is 5.91 Å². The predicted octanol–water partition coefficient (Wildman–Crippen LogP) is 4.31. The number of benzene rings is 3. The molecular weight excluding hydrogens is 456 g/mol. The number of ether oxygens (including phenoxy) is 2. The fourth-order valence-corrected chi connectivity index (χ4v) is 4.15. The molecule has 0 aromatic heterocycles. The number of phenols is 1. The first-order valence-electron chi connectivity index (χ1n) is 10.8. The summed E-state index contributed by atoms with van der Waals surface area (Å²) in [6.07, 6.45) is 0.198. The van der Waals surface area contributed by atoms with E-state index in [9.17, 15) is 18.3 Å². The van der Waals surface area contributed by atoms with E-state index in [1.165, 1.54) is 48.5 Å². The van der Waals surface area contributed by atoms with Gasteiger partial charge in [-0.05, 0) is 93.1 Å². The lowest BCUT2D eigenvalue weighted by molar-refractivity contribution is -0.126. The lowest BCUT2D eigenvalue weighted by Crippen LogP contribution is -2.39. The molecule has 0 radical (unpaired) electrons. The van der Waals surface area contributed by atoms with Crippen LogP contribution < -0.4 is 20.3 Å². The van der Waals surface area contributed by atoms with Crippen LogP contribution in [0.5, 0.6) is 17.2 Å². The fourth-order valence-electron chi connectivity index (χ4n) is 2.88. The third-order valence-electron chi connectivity index (χ3n) is 5.06. The Morgan fingerprint density at radius 1 is 0.853 bits per heavy atom. The largest absolute Gasteiger partial charge is 0.508 e. The van der Waals surface area contributed by atoms with Crippen molar-refractivity contribution >= 4 is 21.4 Å². The van der Waals surface area contributed by atoms with Crippen LogP contribution in [0.1, 0.15) is 27.2 Å². The Kier molecular flexibility index (Phi) is 8.01. The molecule has 0 heterocycles. The number of nitrogens with one attached hydrogen (secondary N) is 2. The van der Waals surface area contributed by atoms with Crippen LogP contribution in [0.2, 0.25) is 0 Å². The van der Waals surface area contributed by atoms with Crippen molar-refractivity contribution in [1.29, 1.82) is 0 Å². The highest BCUT2D eigenvalue weighted by Crippen LogP contribution is 2.25. The van der Waals surface area contributed by atoms with Gasteiger partial charge in [-0.25, -0.2) is 8.42 Å². The maximum atomic E-state index is 12.7. The minimum atomic E-state index is -3.73. The van der Waals surface area contributed by atoms with Gasteiger partial charge < -0.3 is 14.6 Å². The summed E-state index contributed by atoms with van der Waals surface area (Å²) in [5, 5.41) is 9.36. The highest BCUT2D eigenvalue weighted by atomic mass is 32.2. The van der Waals surface area contributed by atoms with Gasteiger partial charge in [-0.15, -0.1) is 0 Å². The molecule has 0 bridgehead atoms. The van der Waals surface area contributed by atoms with E-state index in [1.54, 1.807) is 19.1 Å². The summed E-state index contributed by atoms with van der Waals surface area (Å²) < 4.78 is 36.7. The first-order valence-corrected chi connectivity index (χ1v) is 12.3. The number of amides is 1. The van der Waals surface area contributed by atoms with Crippen molar-refractivity contribution in [1.82, 2.24) is 5.43 Å². The predicted molar refractivity (Wildman–Crippen MR) is 129 cm³/mol. The molecule has 0 spiro atoms. The molecule has 2 unspecified atom stereocenters. The third-order valence-corrected chi connectivity index (χ3v) is 6.85. The molecule has 8 nitrogen and oxygen atoms in total. The molecule has 34 heavy (non-hydrogen) atoms. The van der Waals surface area contributed by atoms with Gasteiger partial charge in [-0.3, -0.25) is 15.6 Å². The molecule has 9 heteroatoms. The van der Waals surface area contributed by atoms with Crippen molar-refractivity contribution in [3.05, 3.63) is 72.8 Å². The number of hydrogen-bond acceptors (Lipinski definition) is 7. The van der Waals surface area contributed by atoms with Gasteiger partial charge in [0.05, 0.1) is 21.6 Å². The van der Waals surface area contributed by atoms with E-state index in [2.05, 4.69) is 10.9 Å². The van der Waals surface area contributed by atoms with Crippen LogP contribution in [-0.4, -0.2) is 31.6 Å². The molecule has 2 atom stereocenters. The Bertz CT molecular complexity index is 1190. The number of aromatic hydroxyl groups is 1. The number of phenolic OH excluding ortho intramolecular Hbond substituents is 1. The standard InChI is InChI=1S/C25H28N2O6S/c1-4-17(2)32-21-9-5-19(6-10-21)26-27-25(29)18(3)33-22-11-15-24(16-12-22)34(30,31)23-13-7-20(28)8-14-23/h5-18,26,28H,4H2,1-3H3,(H,27,29). The average molecular weight is 485 g/mol. The maximum absolute atomic E-state index is 12.7. The van der Waals surface area contributed by atoms with Gasteiger partial charge in [0.15, 0.2) is 6.10 Å². The molecule has 0 aliphatic rings. The smallest absolute Gasteiger partial charge is 0.279 e. The zero-order valence-electron chi connectivity index (χ0n) is 19.2. The van der Waals surface area contributed by atoms with Crippen LogP contribution >= 0.6 is 0 Å². The summed E-state index contributed by atoms with van der Waals surface area (Å²) >= 11 is 0. The Morgan fingerprint density at radius 2 is 1.35 bits per heavy atom. The van der Waals surface area contributed by atoms with Gasteiger partial charge in [-0.1, -0.05) is 6.92 Å². The monoisotopic (exact) mass is 484 g/mol. The third kappa shape index (κ3) is 6.41. The van der Waals surface area contributed by atoms with Gasteiger partial charge in [-0.2, -0.15) is 0 Å². The number of hydrogen-bond donors (Lipinski definition) is 3. The number of hydrazine groups is 1. The number of anilines is 1. The van der Waals surface area contributed by atoms with Crippen LogP contribution in [-0.2, 0) is 14.6 Å². The van der Waals surface area contributed by atoms with E-state index in [1.807, 2.05) is 26.0 Å². The topological polar surface area (TPSA) is 114 Å². The molecule has 3 aromatic rings. The second kappa shape index (κ2) is 10.9. The molecule has 0 saturated carbocycles. The van der Waals surface area contributed by atoms with Crippen LogP contribution in [0.4, 0.5) is 5.69 Å². The van der Waals surface area contributed by atoms with Gasteiger partial charge >= 0.3 is 0 Å². The quantitative estimate of drug-likeness (QED) is 0.367. The van der Waals surface area contributed by atoms with E-state index in [4.69, 9.17) is 9.47 Å². The van der Waals surface area contributed by atoms with Crippen molar-refractivity contribution in [3.8, 4) is 17.2 Å². The Labute approximate surface area is 199 Å². The maximum Gasteiger partial charge on any atom is 0.279 e. The zero-order chi connectivity index (χ0) is 24.7. The zero-order valence-corrected chi connectivity index (χ0v) is 20.0. The second-order valence-corrected chi connectivity index (χ2v) is 9.65. The first-order chi connectivity index (χ1) is 16.2. The molecule has 3 rings (SSSR count). The minimum Gasteiger partial charge on any atom is -0.508 e. The van der Waals surface area contributed by atoms with Crippen molar-refractivity contribution in [2.24, 2.45) is 0 Å². The van der Waals surface area contributed by atoms with Gasteiger partial charge in [0.1, 0.15) is 17.2 Å². The SMILES string of the molecule is CCC(C)Oc1ccc(NNC(=O)C(C)Oc2ccc(S(=O)(=O)c3ccc(O)cc3)cc2)cc1. The number of carbonyl (C=O) groups is 1. The van der Waals surface area contributed by atoms with E-state index < -0.39 is 21.8 Å².